The number of anilines is 1. The van der Waals surface area contributed by atoms with Crippen molar-refractivity contribution in [2.75, 3.05) is 31.6 Å². The minimum Gasteiger partial charge on any atom is -0.328 e. The first-order valence-electron chi connectivity index (χ1n) is 6.02. The van der Waals surface area contributed by atoms with Gasteiger partial charge in [0.05, 0.1) is 0 Å². The second-order valence-corrected chi connectivity index (χ2v) is 5.51. The second kappa shape index (κ2) is 5.38. The fourth-order valence-electron chi connectivity index (χ4n) is 2.23. The lowest BCUT2D eigenvalue weighted by Gasteiger charge is -2.38. The van der Waals surface area contributed by atoms with Gasteiger partial charge in [-0.1, -0.05) is 15.9 Å². The summed E-state index contributed by atoms with van der Waals surface area (Å²) in [4.78, 5) is 16.2. The van der Waals surface area contributed by atoms with E-state index in [9.17, 15) is 4.79 Å². The normalized spacial score (nSPS) is 21.4. The molecule has 1 fully saturated rings. The number of rotatable bonds is 2. The van der Waals surface area contributed by atoms with Crippen molar-refractivity contribution in [3.05, 3.63) is 28.2 Å². The van der Waals surface area contributed by atoms with Gasteiger partial charge >= 0.3 is 0 Å². The zero-order chi connectivity index (χ0) is 13.3. The molecule has 18 heavy (non-hydrogen) atoms. The van der Waals surface area contributed by atoms with Gasteiger partial charge in [0.25, 0.3) is 0 Å². The number of hydrogen-bond donors (Lipinski definition) is 1. The summed E-state index contributed by atoms with van der Waals surface area (Å²) >= 11 is 3.47. The van der Waals surface area contributed by atoms with Crippen LogP contribution in [0.4, 0.5) is 5.69 Å². The smallest absolute Gasteiger partial charge is 0.245 e. The lowest BCUT2D eigenvalue weighted by molar-refractivity contribution is -0.124. The zero-order valence-corrected chi connectivity index (χ0v) is 12.3. The van der Waals surface area contributed by atoms with Crippen LogP contribution in [0.5, 0.6) is 0 Å². The number of carbonyl (C=O) groups is 1. The van der Waals surface area contributed by atoms with Crippen molar-refractivity contribution >= 4 is 27.5 Å². The average molecular weight is 312 g/mol. The minimum atomic E-state index is -0.206. The van der Waals surface area contributed by atoms with Crippen molar-refractivity contribution < 1.29 is 4.79 Å². The Hall–Kier alpha value is -0.910. The van der Waals surface area contributed by atoms with Crippen molar-refractivity contribution in [1.82, 2.24) is 4.90 Å². The number of aryl methyl sites for hydroxylation is 1. The molecule has 2 rings (SSSR count). The van der Waals surface area contributed by atoms with Crippen LogP contribution in [-0.4, -0.2) is 43.5 Å². The van der Waals surface area contributed by atoms with Gasteiger partial charge < -0.3 is 10.6 Å². The van der Waals surface area contributed by atoms with Gasteiger partial charge in [0.2, 0.25) is 5.91 Å². The fourth-order valence-corrected chi connectivity index (χ4v) is 2.47. The van der Waals surface area contributed by atoms with Crippen LogP contribution in [-0.2, 0) is 4.79 Å². The van der Waals surface area contributed by atoms with Crippen LogP contribution in [0.1, 0.15) is 5.56 Å². The molecule has 2 N–H and O–H groups in total. The first-order valence-corrected chi connectivity index (χ1v) is 6.81. The molecule has 98 valence electrons. The number of nitrogens with two attached hydrogens (primary N) is 1. The summed E-state index contributed by atoms with van der Waals surface area (Å²) in [7, 11) is 1.94. The summed E-state index contributed by atoms with van der Waals surface area (Å²) in [5.41, 5.74) is 7.76. The van der Waals surface area contributed by atoms with Gasteiger partial charge in [-0.05, 0) is 37.7 Å². The van der Waals surface area contributed by atoms with Crippen LogP contribution in [0.2, 0.25) is 0 Å². The molecule has 5 heteroatoms. The number of carbonyl (C=O) groups excluding carboxylic acids is 1. The van der Waals surface area contributed by atoms with Crippen molar-refractivity contribution in [3.8, 4) is 0 Å². The summed E-state index contributed by atoms with van der Waals surface area (Å²) in [6.45, 7) is 3.95. The summed E-state index contributed by atoms with van der Waals surface area (Å²) in [5, 5.41) is 0. The summed E-state index contributed by atoms with van der Waals surface area (Å²) < 4.78 is 1.06. The summed E-state index contributed by atoms with van der Waals surface area (Å²) in [6.07, 6.45) is 0. The Kier molecular flexibility index (Phi) is 4.04. The number of likely N-dealkylation sites (N-methyl/N-ethyl adjacent to an activating group) is 1. The van der Waals surface area contributed by atoms with Crippen LogP contribution in [0, 0.1) is 6.92 Å². The third-order valence-electron chi connectivity index (χ3n) is 3.44. The van der Waals surface area contributed by atoms with Crippen molar-refractivity contribution in [1.29, 1.82) is 0 Å². The third-order valence-corrected chi connectivity index (χ3v) is 4.33. The minimum absolute atomic E-state index is 0.0907. The monoisotopic (exact) mass is 311 g/mol. The van der Waals surface area contributed by atoms with Gasteiger partial charge in [-0.25, -0.2) is 0 Å². The summed E-state index contributed by atoms with van der Waals surface area (Å²) in [5.74, 6) is 0.0907. The van der Waals surface area contributed by atoms with Crippen LogP contribution in [0.3, 0.4) is 0 Å². The Balaban J connectivity index is 2.27. The van der Waals surface area contributed by atoms with Crippen LogP contribution in [0.25, 0.3) is 0 Å². The van der Waals surface area contributed by atoms with E-state index >= 15 is 0 Å². The Bertz CT molecular complexity index is 464. The molecule has 1 aromatic rings. The van der Waals surface area contributed by atoms with Gasteiger partial charge in [0.15, 0.2) is 0 Å². The molecule has 1 aliphatic heterocycles. The number of piperazine rings is 1. The maximum atomic E-state index is 12.4. The molecule has 0 bridgehead atoms. The molecule has 0 radical (unpaired) electrons. The highest BCUT2D eigenvalue weighted by Crippen LogP contribution is 2.25. The molecule has 0 saturated carbocycles. The van der Waals surface area contributed by atoms with Crippen LogP contribution < -0.4 is 10.6 Å². The maximum Gasteiger partial charge on any atom is 0.245 e. The highest BCUT2D eigenvalue weighted by molar-refractivity contribution is 9.10. The number of benzene rings is 1. The van der Waals surface area contributed by atoms with E-state index in [0.717, 1.165) is 22.3 Å². The van der Waals surface area contributed by atoms with E-state index in [-0.39, 0.29) is 11.9 Å². The Morgan fingerprint density at radius 2 is 2.17 bits per heavy atom. The average Bonchev–Trinajstić information content (AvgIpc) is 2.34. The molecular formula is C13H18BrN3O. The topological polar surface area (TPSA) is 49.6 Å². The van der Waals surface area contributed by atoms with E-state index in [4.69, 9.17) is 5.73 Å². The highest BCUT2D eigenvalue weighted by atomic mass is 79.9. The lowest BCUT2D eigenvalue weighted by Crippen LogP contribution is -2.58. The standard InChI is InChI=1S/C13H18BrN3O/c1-9-7-10(3-4-11(9)14)17-6-5-16(2)12(8-15)13(17)18/h3-4,7,12H,5-6,8,15H2,1-2H3. The third kappa shape index (κ3) is 2.43. The van der Waals surface area contributed by atoms with Gasteiger partial charge in [0, 0.05) is 29.8 Å². The first kappa shape index (κ1) is 13.5. The van der Waals surface area contributed by atoms with Crippen LogP contribution >= 0.6 is 15.9 Å². The van der Waals surface area contributed by atoms with Crippen molar-refractivity contribution in [2.24, 2.45) is 5.73 Å². The Morgan fingerprint density at radius 3 is 2.78 bits per heavy atom. The lowest BCUT2D eigenvalue weighted by atomic mass is 10.1. The molecule has 1 aliphatic rings. The predicted octanol–water partition coefficient (Wildman–Crippen LogP) is 1.36. The van der Waals surface area contributed by atoms with Gasteiger partial charge in [0.1, 0.15) is 6.04 Å². The largest absolute Gasteiger partial charge is 0.328 e. The first-order chi connectivity index (χ1) is 8.54. The van der Waals surface area contributed by atoms with Gasteiger partial charge in [-0.2, -0.15) is 0 Å². The van der Waals surface area contributed by atoms with Gasteiger partial charge in [-0.15, -0.1) is 0 Å². The molecule has 1 amide bonds. The van der Waals surface area contributed by atoms with E-state index < -0.39 is 0 Å². The van der Waals surface area contributed by atoms with E-state index in [2.05, 4.69) is 15.9 Å². The van der Waals surface area contributed by atoms with E-state index in [0.29, 0.717) is 13.1 Å². The molecule has 1 unspecified atom stereocenters. The quantitative estimate of drug-likeness (QED) is 0.897. The zero-order valence-electron chi connectivity index (χ0n) is 10.7. The molecule has 1 saturated heterocycles. The molecular weight excluding hydrogens is 294 g/mol. The highest BCUT2D eigenvalue weighted by Gasteiger charge is 2.32. The van der Waals surface area contributed by atoms with E-state index in [1.165, 1.54) is 0 Å². The van der Waals surface area contributed by atoms with Gasteiger partial charge in [-0.3, -0.25) is 9.69 Å². The molecule has 1 aromatic carbocycles. The second-order valence-electron chi connectivity index (χ2n) is 4.66. The summed E-state index contributed by atoms with van der Waals surface area (Å²) in [6, 6.07) is 5.77. The molecule has 0 spiro atoms. The Morgan fingerprint density at radius 1 is 1.44 bits per heavy atom. The van der Waals surface area contributed by atoms with E-state index in [1.807, 2.05) is 42.0 Å². The molecule has 0 aliphatic carbocycles. The Labute approximate surface area is 116 Å². The molecule has 0 aromatic heterocycles. The molecule has 1 atom stereocenters. The number of nitrogens with zero attached hydrogens (tertiary/aromatic N) is 2. The number of amides is 1. The fraction of sp³-hybridized carbons (Fsp3) is 0.462. The SMILES string of the molecule is Cc1cc(N2CCN(C)C(CN)C2=O)ccc1Br. The molecule has 1 heterocycles. The maximum absolute atomic E-state index is 12.4. The number of hydrogen-bond acceptors (Lipinski definition) is 3. The number of halogens is 1. The van der Waals surface area contributed by atoms with Crippen LogP contribution in [0.15, 0.2) is 22.7 Å². The van der Waals surface area contributed by atoms with Crippen molar-refractivity contribution in [3.63, 3.8) is 0 Å². The van der Waals surface area contributed by atoms with E-state index in [1.54, 1.807) is 0 Å². The molecule has 4 nitrogen and oxygen atoms in total. The predicted molar refractivity (Wildman–Crippen MR) is 76.7 cm³/mol. The van der Waals surface area contributed by atoms with Crippen molar-refractivity contribution in [2.45, 2.75) is 13.0 Å².